The molecule has 0 aliphatic heterocycles. The molecule has 2 unspecified atom stereocenters. The van der Waals surface area contributed by atoms with Crippen molar-refractivity contribution in [1.29, 1.82) is 0 Å². The summed E-state index contributed by atoms with van der Waals surface area (Å²) in [6.07, 6.45) is 3.63. The Balaban J connectivity index is 1.63. The average molecular weight is 252 g/mol. The molecular weight excluding hydrogens is 240 g/mol. The number of carboxylic acids is 1. The molecule has 0 radical (unpaired) electrons. The van der Waals surface area contributed by atoms with Gasteiger partial charge in [-0.05, 0) is 25.7 Å². The zero-order valence-corrected chi connectivity index (χ0v) is 9.92. The molecule has 1 amide bonds. The molecule has 90 valence electrons. The lowest BCUT2D eigenvalue weighted by Gasteiger charge is -1.99. The number of carbonyl (C=O) groups is 2. The molecule has 1 heterocycles. The summed E-state index contributed by atoms with van der Waals surface area (Å²) in [5.41, 5.74) is 1.09. The zero-order chi connectivity index (χ0) is 12.0. The topological polar surface area (TPSA) is 79.3 Å². The summed E-state index contributed by atoms with van der Waals surface area (Å²) in [6, 6.07) is 0. The number of carbonyl (C=O) groups excluding carboxylic acids is 1. The van der Waals surface area contributed by atoms with Gasteiger partial charge in [-0.3, -0.25) is 9.59 Å². The summed E-state index contributed by atoms with van der Waals surface area (Å²) in [5, 5.41) is 12.1. The van der Waals surface area contributed by atoms with E-state index in [1.807, 2.05) is 0 Å². The summed E-state index contributed by atoms with van der Waals surface area (Å²) in [4.78, 5) is 28.0. The quantitative estimate of drug-likeness (QED) is 0.849. The van der Waals surface area contributed by atoms with Crippen LogP contribution in [-0.4, -0.2) is 22.0 Å². The molecule has 1 saturated carbocycles. The predicted molar refractivity (Wildman–Crippen MR) is 62.0 cm³/mol. The number of rotatable bonds is 3. The second-order valence-corrected chi connectivity index (χ2v) is 5.60. The van der Waals surface area contributed by atoms with E-state index in [-0.39, 0.29) is 11.8 Å². The molecule has 1 aromatic rings. The number of fused-ring (bicyclic) bond motifs is 1. The second kappa shape index (κ2) is 3.80. The molecule has 3 rings (SSSR count). The summed E-state index contributed by atoms with van der Waals surface area (Å²) < 4.78 is 0. The fraction of sp³-hybridized carbons (Fsp3) is 0.545. The second-order valence-electron chi connectivity index (χ2n) is 4.52. The van der Waals surface area contributed by atoms with Crippen LogP contribution in [0.3, 0.4) is 0 Å². The lowest BCUT2D eigenvalue weighted by molar-refractivity contribution is -0.139. The number of aryl methyl sites for hydroxylation is 2. The number of aromatic nitrogens is 1. The number of carboxylic acid groups (broad SMARTS) is 1. The maximum atomic E-state index is 11.7. The van der Waals surface area contributed by atoms with Crippen molar-refractivity contribution in [3.63, 3.8) is 0 Å². The molecule has 5 nitrogen and oxygen atoms in total. The number of nitrogens with one attached hydrogen (secondary N) is 1. The predicted octanol–water partition coefficient (Wildman–Crippen LogP) is 1.29. The fourth-order valence-corrected chi connectivity index (χ4v) is 3.25. The molecular formula is C11H12N2O3S. The third-order valence-corrected chi connectivity index (χ3v) is 4.34. The number of thiazole rings is 1. The van der Waals surface area contributed by atoms with Gasteiger partial charge in [0.2, 0.25) is 5.91 Å². The molecule has 2 N–H and O–H groups in total. The Labute approximate surface area is 102 Å². The fourth-order valence-electron chi connectivity index (χ4n) is 2.20. The first-order valence-electron chi connectivity index (χ1n) is 5.67. The molecule has 1 aromatic heterocycles. The van der Waals surface area contributed by atoms with E-state index in [9.17, 15) is 9.59 Å². The van der Waals surface area contributed by atoms with Crippen molar-refractivity contribution in [2.75, 3.05) is 5.32 Å². The van der Waals surface area contributed by atoms with Gasteiger partial charge in [0.25, 0.3) is 0 Å². The van der Waals surface area contributed by atoms with Crippen molar-refractivity contribution in [3.05, 3.63) is 10.6 Å². The lowest BCUT2D eigenvalue weighted by atomic mass is 10.3. The van der Waals surface area contributed by atoms with Crippen molar-refractivity contribution >= 4 is 28.3 Å². The minimum absolute atomic E-state index is 0.204. The van der Waals surface area contributed by atoms with Gasteiger partial charge in [-0.1, -0.05) is 0 Å². The van der Waals surface area contributed by atoms with Crippen LogP contribution in [0.2, 0.25) is 0 Å². The molecule has 2 aliphatic carbocycles. The van der Waals surface area contributed by atoms with Gasteiger partial charge in [0.05, 0.1) is 17.5 Å². The zero-order valence-electron chi connectivity index (χ0n) is 9.10. The first kappa shape index (κ1) is 10.7. The number of nitrogens with zero attached hydrogens (tertiary/aromatic N) is 1. The van der Waals surface area contributed by atoms with E-state index < -0.39 is 11.9 Å². The van der Waals surface area contributed by atoms with Crippen LogP contribution in [0, 0.1) is 11.8 Å². The smallest absolute Gasteiger partial charge is 0.307 e. The number of aliphatic carboxylic acids is 1. The van der Waals surface area contributed by atoms with Gasteiger partial charge in [-0.2, -0.15) is 0 Å². The average Bonchev–Trinajstić information content (AvgIpc) is 2.83. The Kier molecular flexibility index (Phi) is 2.39. The highest BCUT2D eigenvalue weighted by molar-refractivity contribution is 7.15. The molecule has 0 saturated heterocycles. The standard InChI is InChI=1S/C11H12N2O3S/c14-9(5-4-6(5)10(15)16)13-11-12-7-2-1-3-8(7)17-11/h5-6H,1-4H2,(H,15,16)(H,12,13,14). The van der Waals surface area contributed by atoms with Crippen LogP contribution < -0.4 is 5.32 Å². The number of amides is 1. The molecule has 0 aromatic carbocycles. The Morgan fingerprint density at radius 2 is 2.18 bits per heavy atom. The maximum Gasteiger partial charge on any atom is 0.307 e. The van der Waals surface area contributed by atoms with Gasteiger partial charge < -0.3 is 10.4 Å². The Morgan fingerprint density at radius 3 is 2.82 bits per heavy atom. The highest BCUT2D eigenvalue weighted by Crippen LogP contribution is 2.40. The Bertz CT molecular complexity index is 475. The van der Waals surface area contributed by atoms with Gasteiger partial charge in [-0.25, -0.2) is 4.98 Å². The SMILES string of the molecule is O=C(O)C1CC1C(=O)Nc1nc2c(s1)CCC2. The van der Waals surface area contributed by atoms with Crippen molar-refractivity contribution in [1.82, 2.24) is 4.98 Å². The van der Waals surface area contributed by atoms with Crippen LogP contribution in [0.15, 0.2) is 0 Å². The number of anilines is 1. The molecule has 17 heavy (non-hydrogen) atoms. The van der Waals surface area contributed by atoms with Gasteiger partial charge >= 0.3 is 5.97 Å². The molecule has 6 heteroatoms. The largest absolute Gasteiger partial charge is 0.481 e. The monoisotopic (exact) mass is 252 g/mol. The van der Waals surface area contributed by atoms with Crippen molar-refractivity contribution in [3.8, 4) is 0 Å². The highest BCUT2D eigenvalue weighted by atomic mass is 32.1. The third kappa shape index (κ3) is 1.93. The normalized spacial score (nSPS) is 25.4. The first-order valence-corrected chi connectivity index (χ1v) is 6.49. The molecule has 0 spiro atoms. The van der Waals surface area contributed by atoms with Crippen molar-refractivity contribution in [2.45, 2.75) is 25.7 Å². The van der Waals surface area contributed by atoms with E-state index in [0.717, 1.165) is 25.0 Å². The Hall–Kier alpha value is -1.43. The van der Waals surface area contributed by atoms with Gasteiger partial charge in [-0.15, -0.1) is 11.3 Å². The molecule has 2 aliphatic rings. The minimum Gasteiger partial charge on any atom is -0.481 e. The van der Waals surface area contributed by atoms with Gasteiger partial charge in [0.1, 0.15) is 0 Å². The summed E-state index contributed by atoms with van der Waals surface area (Å²) in [6.45, 7) is 0. The van der Waals surface area contributed by atoms with E-state index in [2.05, 4.69) is 10.3 Å². The van der Waals surface area contributed by atoms with E-state index in [0.29, 0.717) is 11.6 Å². The lowest BCUT2D eigenvalue weighted by Crippen LogP contribution is -2.16. The van der Waals surface area contributed by atoms with E-state index in [1.54, 1.807) is 0 Å². The van der Waals surface area contributed by atoms with Crippen LogP contribution in [0.4, 0.5) is 5.13 Å². The summed E-state index contributed by atoms with van der Waals surface area (Å²) >= 11 is 1.51. The van der Waals surface area contributed by atoms with Crippen molar-refractivity contribution in [2.24, 2.45) is 11.8 Å². The minimum atomic E-state index is -0.883. The van der Waals surface area contributed by atoms with E-state index in [1.165, 1.54) is 16.2 Å². The van der Waals surface area contributed by atoms with Crippen LogP contribution in [0.25, 0.3) is 0 Å². The molecule has 1 fully saturated rings. The van der Waals surface area contributed by atoms with Crippen LogP contribution >= 0.6 is 11.3 Å². The maximum absolute atomic E-state index is 11.7. The van der Waals surface area contributed by atoms with Gasteiger partial charge in [0.15, 0.2) is 5.13 Å². The Morgan fingerprint density at radius 1 is 1.35 bits per heavy atom. The van der Waals surface area contributed by atoms with Crippen LogP contribution in [0.1, 0.15) is 23.4 Å². The summed E-state index contributed by atoms with van der Waals surface area (Å²) in [7, 11) is 0. The number of hydrogen-bond donors (Lipinski definition) is 2. The summed E-state index contributed by atoms with van der Waals surface area (Å²) in [5.74, 6) is -1.95. The van der Waals surface area contributed by atoms with E-state index in [4.69, 9.17) is 5.11 Å². The molecule has 2 atom stereocenters. The van der Waals surface area contributed by atoms with Crippen molar-refractivity contribution < 1.29 is 14.7 Å². The number of hydrogen-bond acceptors (Lipinski definition) is 4. The van der Waals surface area contributed by atoms with Crippen LogP contribution in [0.5, 0.6) is 0 Å². The third-order valence-electron chi connectivity index (χ3n) is 3.27. The first-order chi connectivity index (χ1) is 8.15. The van der Waals surface area contributed by atoms with E-state index >= 15 is 0 Å². The highest BCUT2D eigenvalue weighted by Gasteiger charge is 2.48. The van der Waals surface area contributed by atoms with Crippen LogP contribution in [-0.2, 0) is 22.4 Å². The van der Waals surface area contributed by atoms with Gasteiger partial charge in [0, 0.05) is 4.88 Å². The molecule has 0 bridgehead atoms.